The lowest BCUT2D eigenvalue weighted by atomic mass is 10.1. The SMILES string of the molecule is Cc1cc(C)c2c(c1C)C2. The zero-order valence-electron chi connectivity index (χ0n) is 6.78. The van der Waals surface area contributed by atoms with Crippen molar-refractivity contribution < 1.29 is 0 Å². The molecule has 52 valence electrons. The van der Waals surface area contributed by atoms with Crippen LogP contribution in [0.4, 0.5) is 0 Å². The molecule has 0 saturated carbocycles. The molecule has 0 bridgehead atoms. The monoisotopic (exact) mass is 132 g/mol. The first-order chi connectivity index (χ1) is 4.70. The van der Waals surface area contributed by atoms with Gasteiger partial charge >= 0.3 is 0 Å². The smallest absolute Gasteiger partial charge is 0.00145 e. The summed E-state index contributed by atoms with van der Waals surface area (Å²) in [5.41, 5.74) is 7.66. The van der Waals surface area contributed by atoms with E-state index in [0.29, 0.717) is 0 Å². The average molecular weight is 132 g/mol. The van der Waals surface area contributed by atoms with E-state index in [2.05, 4.69) is 26.8 Å². The highest BCUT2D eigenvalue weighted by molar-refractivity contribution is 5.57. The van der Waals surface area contributed by atoms with E-state index < -0.39 is 0 Å². The van der Waals surface area contributed by atoms with Gasteiger partial charge in [-0.05, 0) is 55.0 Å². The van der Waals surface area contributed by atoms with E-state index in [1.165, 1.54) is 23.1 Å². The number of benzene rings is 1. The Morgan fingerprint density at radius 3 is 2.40 bits per heavy atom. The molecule has 0 unspecified atom stereocenters. The zero-order valence-corrected chi connectivity index (χ0v) is 6.78. The van der Waals surface area contributed by atoms with Gasteiger partial charge in [-0.25, -0.2) is 0 Å². The van der Waals surface area contributed by atoms with Gasteiger partial charge in [0, 0.05) is 0 Å². The lowest BCUT2D eigenvalue weighted by Gasteiger charge is -1.97. The van der Waals surface area contributed by atoms with Crippen molar-refractivity contribution in [3.63, 3.8) is 0 Å². The summed E-state index contributed by atoms with van der Waals surface area (Å²) in [5, 5.41) is 0. The van der Waals surface area contributed by atoms with E-state index in [9.17, 15) is 0 Å². The quantitative estimate of drug-likeness (QED) is 0.516. The van der Waals surface area contributed by atoms with E-state index in [1.54, 1.807) is 11.1 Å². The van der Waals surface area contributed by atoms with Crippen molar-refractivity contribution >= 4 is 0 Å². The summed E-state index contributed by atoms with van der Waals surface area (Å²) in [7, 11) is 0. The molecule has 0 nitrogen and oxygen atoms in total. The van der Waals surface area contributed by atoms with Crippen LogP contribution >= 0.6 is 0 Å². The lowest BCUT2D eigenvalue weighted by molar-refractivity contribution is 1.31. The third-order valence-corrected chi connectivity index (χ3v) is 2.55. The fourth-order valence-electron chi connectivity index (χ4n) is 1.63. The molecule has 1 aromatic carbocycles. The normalized spacial score (nSPS) is 13.1. The number of fused-ring (bicyclic) bond motifs is 1. The number of hydrogen-bond donors (Lipinski definition) is 0. The Labute approximate surface area is 61.9 Å². The highest BCUT2D eigenvalue weighted by Gasteiger charge is 2.22. The van der Waals surface area contributed by atoms with Gasteiger partial charge in [-0.15, -0.1) is 0 Å². The van der Waals surface area contributed by atoms with Gasteiger partial charge in [0.15, 0.2) is 0 Å². The van der Waals surface area contributed by atoms with Gasteiger partial charge in [0.25, 0.3) is 0 Å². The molecule has 0 amide bonds. The van der Waals surface area contributed by atoms with Crippen molar-refractivity contribution in [2.45, 2.75) is 27.2 Å². The molecule has 2 rings (SSSR count). The van der Waals surface area contributed by atoms with Gasteiger partial charge in [0.1, 0.15) is 0 Å². The van der Waals surface area contributed by atoms with E-state index in [4.69, 9.17) is 0 Å². The predicted molar refractivity (Wildman–Crippen MR) is 43.5 cm³/mol. The minimum absolute atomic E-state index is 1.26. The van der Waals surface area contributed by atoms with Gasteiger partial charge in [-0.2, -0.15) is 0 Å². The topological polar surface area (TPSA) is 0 Å². The fraction of sp³-hybridized carbons (Fsp3) is 0.400. The molecule has 0 radical (unpaired) electrons. The molecule has 1 aromatic rings. The van der Waals surface area contributed by atoms with Crippen molar-refractivity contribution in [3.05, 3.63) is 33.9 Å². The molecule has 1 aliphatic carbocycles. The Hall–Kier alpha value is -0.780. The molecule has 0 heteroatoms. The Morgan fingerprint density at radius 1 is 1.00 bits per heavy atom. The molecule has 10 heavy (non-hydrogen) atoms. The molecule has 1 aliphatic rings. The maximum Gasteiger partial charge on any atom is -0.00145 e. The summed E-state index contributed by atoms with van der Waals surface area (Å²) in [4.78, 5) is 0. The highest BCUT2D eigenvalue weighted by atomic mass is 14.3. The Morgan fingerprint density at radius 2 is 1.70 bits per heavy atom. The van der Waals surface area contributed by atoms with Crippen molar-refractivity contribution in [1.82, 2.24) is 0 Å². The molecule has 0 atom stereocenters. The van der Waals surface area contributed by atoms with Gasteiger partial charge in [0.05, 0.1) is 0 Å². The summed E-state index contributed by atoms with van der Waals surface area (Å²) < 4.78 is 0. The molecular formula is C10H12. The summed E-state index contributed by atoms with van der Waals surface area (Å²) in [6.45, 7) is 6.62. The average Bonchev–Trinajstić information content (AvgIpc) is 2.61. The minimum atomic E-state index is 1.26. The first-order valence-corrected chi connectivity index (χ1v) is 3.78. The first-order valence-electron chi connectivity index (χ1n) is 3.78. The summed E-state index contributed by atoms with van der Waals surface area (Å²) in [5.74, 6) is 0. The van der Waals surface area contributed by atoms with Crippen LogP contribution in [0.1, 0.15) is 27.8 Å². The van der Waals surface area contributed by atoms with E-state index >= 15 is 0 Å². The number of rotatable bonds is 0. The van der Waals surface area contributed by atoms with Crippen LogP contribution in [0.25, 0.3) is 0 Å². The maximum atomic E-state index is 2.29. The molecule has 0 N–H and O–H groups in total. The third kappa shape index (κ3) is 0.620. The van der Waals surface area contributed by atoms with Crippen LogP contribution < -0.4 is 0 Å². The minimum Gasteiger partial charge on any atom is -0.0558 e. The van der Waals surface area contributed by atoms with Crippen LogP contribution in [0.3, 0.4) is 0 Å². The third-order valence-electron chi connectivity index (χ3n) is 2.55. The second-order valence-electron chi connectivity index (χ2n) is 3.27. The van der Waals surface area contributed by atoms with Gasteiger partial charge in [-0.1, -0.05) is 6.07 Å². The predicted octanol–water partition coefficient (Wildman–Crippen LogP) is 2.52. The second-order valence-corrected chi connectivity index (χ2v) is 3.27. The number of aryl methyl sites for hydroxylation is 2. The summed E-state index contributed by atoms with van der Waals surface area (Å²) in [6.07, 6.45) is 1.26. The standard InChI is InChI=1S/C10H12/c1-6-4-7(2)9-5-10(9)8(6)3/h4H,5H2,1-3H3. The Balaban J connectivity index is 2.71. The van der Waals surface area contributed by atoms with E-state index in [1.807, 2.05) is 0 Å². The van der Waals surface area contributed by atoms with Crippen molar-refractivity contribution in [3.8, 4) is 0 Å². The van der Waals surface area contributed by atoms with Crippen LogP contribution in [0.2, 0.25) is 0 Å². The zero-order chi connectivity index (χ0) is 7.30. The largest absolute Gasteiger partial charge is 0.0558 e. The van der Waals surface area contributed by atoms with Crippen molar-refractivity contribution in [2.24, 2.45) is 0 Å². The summed E-state index contributed by atoms with van der Waals surface area (Å²) >= 11 is 0. The second kappa shape index (κ2) is 1.63. The van der Waals surface area contributed by atoms with Crippen LogP contribution in [-0.4, -0.2) is 0 Å². The Bertz CT molecular complexity index is 292. The molecular weight excluding hydrogens is 120 g/mol. The molecule has 0 saturated heterocycles. The molecule has 0 fully saturated rings. The van der Waals surface area contributed by atoms with Crippen LogP contribution in [0.5, 0.6) is 0 Å². The van der Waals surface area contributed by atoms with Crippen LogP contribution in [0, 0.1) is 20.8 Å². The highest BCUT2D eigenvalue weighted by Crippen LogP contribution is 2.35. The first kappa shape index (κ1) is 5.96. The molecule has 0 aliphatic heterocycles. The fourth-order valence-corrected chi connectivity index (χ4v) is 1.63. The van der Waals surface area contributed by atoms with Crippen molar-refractivity contribution in [2.75, 3.05) is 0 Å². The van der Waals surface area contributed by atoms with Crippen LogP contribution in [-0.2, 0) is 6.42 Å². The lowest BCUT2D eigenvalue weighted by Crippen LogP contribution is -1.80. The number of hydrogen-bond acceptors (Lipinski definition) is 0. The molecule has 0 spiro atoms. The van der Waals surface area contributed by atoms with E-state index in [-0.39, 0.29) is 0 Å². The maximum absolute atomic E-state index is 2.29. The van der Waals surface area contributed by atoms with Crippen molar-refractivity contribution in [1.29, 1.82) is 0 Å². The van der Waals surface area contributed by atoms with Gasteiger partial charge in [-0.3, -0.25) is 0 Å². The summed E-state index contributed by atoms with van der Waals surface area (Å²) in [6, 6.07) is 2.29. The molecule has 0 aromatic heterocycles. The molecule has 0 heterocycles. The van der Waals surface area contributed by atoms with Gasteiger partial charge in [0.2, 0.25) is 0 Å². The van der Waals surface area contributed by atoms with Gasteiger partial charge < -0.3 is 0 Å². The van der Waals surface area contributed by atoms with E-state index in [0.717, 1.165) is 0 Å². The van der Waals surface area contributed by atoms with Crippen LogP contribution in [0.15, 0.2) is 6.07 Å². The Kier molecular flexibility index (Phi) is 0.971.